The summed E-state index contributed by atoms with van der Waals surface area (Å²) in [5.74, 6) is -1.13. The lowest BCUT2D eigenvalue weighted by Gasteiger charge is -2.06. The molecule has 0 aliphatic heterocycles. The summed E-state index contributed by atoms with van der Waals surface area (Å²) >= 11 is 0. The minimum absolute atomic E-state index is 0.0196. The molecule has 3 aromatic rings. The van der Waals surface area contributed by atoms with Gasteiger partial charge in [-0.3, -0.25) is 4.79 Å². The summed E-state index contributed by atoms with van der Waals surface area (Å²) in [6, 6.07) is 13.6. The minimum Gasteiger partial charge on any atom is -0.356 e. The van der Waals surface area contributed by atoms with E-state index in [4.69, 9.17) is 9.66 Å². The zero-order chi connectivity index (χ0) is 18.7. The van der Waals surface area contributed by atoms with E-state index in [1.54, 1.807) is 6.07 Å². The Morgan fingerprint density at radius 2 is 1.88 bits per heavy atom. The molecule has 0 bridgehead atoms. The third kappa shape index (κ3) is 3.95. The SMILES string of the molecule is NS(=O)(=O)c1ccc(F)c(C(=O)NCc2cc(-c3ccccc3)on2)c1. The Balaban J connectivity index is 1.73. The molecule has 0 radical (unpaired) electrons. The van der Waals surface area contributed by atoms with Gasteiger partial charge >= 0.3 is 0 Å². The van der Waals surface area contributed by atoms with E-state index in [2.05, 4.69) is 10.5 Å². The van der Waals surface area contributed by atoms with Gasteiger partial charge in [0.15, 0.2) is 5.76 Å². The smallest absolute Gasteiger partial charge is 0.254 e. The van der Waals surface area contributed by atoms with Crippen LogP contribution in [0, 0.1) is 5.82 Å². The molecule has 1 heterocycles. The molecule has 0 saturated carbocycles. The van der Waals surface area contributed by atoms with Crippen molar-refractivity contribution in [3.05, 3.63) is 71.7 Å². The number of nitrogens with two attached hydrogens (primary N) is 1. The predicted octanol–water partition coefficient (Wildman–Crippen LogP) is 2.06. The van der Waals surface area contributed by atoms with Crippen molar-refractivity contribution in [3.8, 4) is 11.3 Å². The lowest BCUT2D eigenvalue weighted by atomic mass is 10.1. The standard InChI is InChI=1S/C17H14FN3O4S/c18-15-7-6-13(26(19,23)24)9-14(15)17(22)20-10-12-8-16(25-21-12)11-4-2-1-3-5-11/h1-9H,10H2,(H,20,22)(H2,19,23,24). The number of hydrogen-bond donors (Lipinski definition) is 2. The van der Waals surface area contributed by atoms with Crippen LogP contribution in [0.3, 0.4) is 0 Å². The van der Waals surface area contributed by atoms with Crippen LogP contribution in [0.2, 0.25) is 0 Å². The van der Waals surface area contributed by atoms with Gasteiger partial charge in [-0.05, 0) is 18.2 Å². The highest BCUT2D eigenvalue weighted by atomic mass is 32.2. The number of nitrogens with one attached hydrogen (secondary N) is 1. The van der Waals surface area contributed by atoms with Crippen LogP contribution < -0.4 is 10.5 Å². The molecule has 0 aliphatic rings. The van der Waals surface area contributed by atoms with E-state index < -0.39 is 27.3 Å². The monoisotopic (exact) mass is 375 g/mol. The van der Waals surface area contributed by atoms with Crippen molar-refractivity contribution in [2.45, 2.75) is 11.4 Å². The molecule has 0 saturated heterocycles. The Kier molecular flexibility index (Phi) is 4.83. The molecule has 1 aromatic heterocycles. The van der Waals surface area contributed by atoms with Crippen LogP contribution in [0.4, 0.5) is 4.39 Å². The number of amides is 1. The van der Waals surface area contributed by atoms with Gasteiger partial charge < -0.3 is 9.84 Å². The number of nitrogens with zero attached hydrogens (tertiary/aromatic N) is 1. The van der Waals surface area contributed by atoms with Crippen molar-refractivity contribution >= 4 is 15.9 Å². The van der Waals surface area contributed by atoms with Gasteiger partial charge in [0.05, 0.1) is 17.0 Å². The number of sulfonamides is 1. The van der Waals surface area contributed by atoms with Gasteiger partial charge in [0.2, 0.25) is 10.0 Å². The largest absolute Gasteiger partial charge is 0.356 e. The molecule has 0 aliphatic carbocycles. The Morgan fingerprint density at radius 1 is 1.15 bits per heavy atom. The average molecular weight is 375 g/mol. The lowest BCUT2D eigenvalue weighted by Crippen LogP contribution is -2.24. The van der Waals surface area contributed by atoms with Gasteiger partial charge in [0.25, 0.3) is 5.91 Å². The van der Waals surface area contributed by atoms with Crippen LogP contribution in [0.25, 0.3) is 11.3 Å². The average Bonchev–Trinajstić information content (AvgIpc) is 3.09. The first-order valence-electron chi connectivity index (χ1n) is 7.46. The quantitative estimate of drug-likeness (QED) is 0.708. The Bertz CT molecular complexity index is 1050. The summed E-state index contributed by atoms with van der Waals surface area (Å²) in [5.41, 5.74) is 0.827. The maximum atomic E-state index is 13.8. The van der Waals surface area contributed by atoms with Crippen LogP contribution in [0.1, 0.15) is 16.1 Å². The third-order valence-electron chi connectivity index (χ3n) is 3.56. The van der Waals surface area contributed by atoms with Crippen molar-refractivity contribution in [1.29, 1.82) is 0 Å². The van der Waals surface area contributed by atoms with Gasteiger partial charge in [-0.25, -0.2) is 17.9 Å². The lowest BCUT2D eigenvalue weighted by molar-refractivity contribution is 0.0946. The highest BCUT2D eigenvalue weighted by Gasteiger charge is 2.17. The molecule has 26 heavy (non-hydrogen) atoms. The maximum Gasteiger partial charge on any atom is 0.254 e. The van der Waals surface area contributed by atoms with Crippen molar-refractivity contribution < 1.29 is 22.1 Å². The van der Waals surface area contributed by atoms with Crippen molar-refractivity contribution in [1.82, 2.24) is 10.5 Å². The zero-order valence-corrected chi connectivity index (χ0v) is 14.2. The van der Waals surface area contributed by atoms with E-state index >= 15 is 0 Å². The van der Waals surface area contributed by atoms with E-state index in [0.29, 0.717) is 11.5 Å². The number of hydrogen-bond acceptors (Lipinski definition) is 5. The molecule has 7 nitrogen and oxygen atoms in total. The number of carbonyl (C=O) groups is 1. The molecular formula is C17H14FN3O4S. The third-order valence-corrected chi connectivity index (χ3v) is 4.47. The summed E-state index contributed by atoms with van der Waals surface area (Å²) in [4.78, 5) is 11.8. The number of halogens is 1. The normalized spacial score (nSPS) is 11.3. The Morgan fingerprint density at radius 3 is 2.58 bits per heavy atom. The van der Waals surface area contributed by atoms with Gasteiger partial charge in [0.1, 0.15) is 11.5 Å². The van der Waals surface area contributed by atoms with Crippen molar-refractivity contribution in [2.75, 3.05) is 0 Å². The van der Waals surface area contributed by atoms with E-state index in [9.17, 15) is 17.6 Å². The van der Waals surface area contributed by atoms with Gasteiger partial charge in [-0.15, -0.1) is 0 Å². The number of aromatic nitrogens is 1. The Hall–Kier alpha value is -3.04. The molecule has 1 amide bonds. The molecule has 0 atom stereocenters. The van der Waals surface area contributed by atoms with Gasteiger partial charge in [-0.2, -0.15) is 0 Å². The van der Waals surface area contributed by atoms with Crippen LogP contribution in [0.15, 0.2) is 64.0 Å². The highest BCUT2D eigenvalue weighted by Crippen LogP contribution is 2.20. The molecule has 0 spiro atoms. The summed E-state index contributed by atoms with van der Waals surface area (Å²) in [7, 11) is -4.04. The molecule has 0 fully saturated rings. The fraction of sp³-hybridized carbons (Fsp3) is 0.0588. The molecule has 3 rings (SSSR count). The summed E-state index contributed by atoms with van der Waals surface area (Å²) in [6.45, 7) is -0.0196. The number of rotatable bonds is 5. The fourth-order valence-corrected chi connectivity index (χ4v) is 2.79. The fourth-order valence-electron chi connectivity index (χ4n) is 2.26. The van der Waals surface area contributed by atoms with Crippen LogP contribution in [-0.2, 0) is 16.6 Å². The highest BCUT2D eigenvalue weighted by molar-refractivity contribution is 7.89. The van der Waals surface area contributed by atoms with E-state index in [1.165, 1.54) is 0 Å². The molecule has 0 unspecified atom stereocenters. The summed E-state index contributed by atoms with van der Waals surface area (Å²) in [5, 5.41) is 11.3. The van der Waals surface area contributed by atoms with E-state index in [1.807, 2.05) is 30.3 Å². The second-order valence-electron chi connectivity index (χ2n) is 5.42. The summed E-state index contributed by atoms with van der Waals surface area (Å²) < 4.78 is 41.7. The molecule has 3 N–H and O–H groups in total. The van der Waals surface area contributed by atoms with Crippen molar-refractivity contribution in [2.24, 2.45) is 5.14 Å². The molecule has 134 valence electrons. The van der Waals surface area contributed by atoms with Crippen LogP contribution in [-0.4, -0.2) is 19.5 Å². The number of primary sulfonamides is 1. The second-order valence-corrected chi connectivity index (χ2v) is 6.98. The van der Waals surface area contributed by atoms with Crippen LogP contribution in [0.5, 0.6) is 0 Å². The minimum atomic E-state index is -4.04. The molecule has 2 aromatic carbocycles. The topological polar surface area (TPSA) is 115 Å². The molecule has 9 heteroatoms. The van der Waals surface area contributed by atoms with Crippen molar-refractivity contribution in [3.63, 3.8) is 0 Å². The molecular weight excluding hydrogens is 361 g/mol. The van der Waals surface area contributed by atoms with Gasteiger partial charge in [-0.1, -0.05) is 35.5 Å². The first-order chi connectivity index (χ1) is 12.3. The van der Waals surface area contributed by atoms with E-state index in [-0.39, 0.29) is 11.4 Å². The zero-order valence-electron chi connectivity index (χ0n) is 13.3. The van der Waals surface area contributed by atoms with E-state index in [0.717, 1.165) is 23.8 Å². The second kappa shape index (κ2) is 7.06. The summed E-state index contributed by atoms with van der Waals surface area (Å²) in [6.07, 6.45) is 0. The van der Waals surface area contributed by atoms with Crippen LogP contribution >= 0.6 is 0 Å². The van der Waals surface area contributed by atoms with Gasteiger partial charge in [0, 0.05) is 11.6 Å². The Labute approximate surface area is 148 Å². The predicted molar refractivity (Wildman–Crippen MR) is 90.9 cm³/mol. The first-order valence-corrected chi connectivity index (χ1v) is 9.01. The number of carbonyl (C=O) groups excluding carboxylic acids is 1. The maximum absolute atomic E-state index is 13.8. The number of benzene rings is 2. The first kappa shape index (κ1) is 17.8.